The summed E-state index contributed by atoms with van der Waals surface area (Å²) in [6.45, 7) is 17.8. The first-order chi connectivity index (χ1) is 8.41. The van der Waals surface area contributed by atoms with E-state index < -0.39 is 25.2 Å². The third-order valence-electron chi connectivity index (χ3n) is 2.54. The van der Waals surface area contributed by atoms with Crippen LogP contribution < -0.4 is 5.19 Å². The van der Waals surface area contributed by atoms with Gasteiger partial charge in [0.2, 0.25) is 0 Å². The summed E-state index contributed by atoms with van der Waals surface area (Å²) in [5.74, 6) is 0. The van der Waals surface area contributed by atoms with Crippen LogP contribution in [0.15, 0.2) is 24.3 Å². The summed E-state index contributed by atoms with van der Waals surface area (Å²) in [6.07, 6.45) is 0. The smallest absolute Gasteiger partial charge is 0.348 e. The average molecular weight is 313 g/mol. The lowest BCUT2D eigenvalue weighted by molar-refractivity contribution is 0.404. The lowest BCUT2D eigenvalue weighted by Gasteiger charge is -2.38. The standard InChI is InChI=1S/C14H28O2Si3/c1-13-10-9-11-14(12-13)19(8,15-17(2,3)4)16-18(5,6)7/h9-12H,1-8H3. The van der Waals surface area contributed by atoms with Gasteiger partial charge in [0.15, 0.2) is 16.6 Å². The van der Waals surface area contributed by atoms with Gasteiger partial charge in [0, 0.05) is 0 Å². The highest BCUT2D eigenvalue weighted by atomic mass is 28.5. The van der Waals surface area contributed by atoms with Crippen LogP contribution >= 0.6 is 0 Å². The molecule has 0 aliphatic rings. The Labute approximate surface area is 121 Å². The van der Waals surface area contributed by atoms with E-state index in [-0.39, 0.29) is 0 Å². The Morgan fingerprint density at radius 1 is 0.789 bits per heavy atom. The minimum Gasteiger partial charge on any atom is -0.433 e. The van der Waals surface area contributed by atoms with E-state index in [0.717, 1.165) is 0 Å². The van der Waals surface area contributed by atoms with Crippen molar-refractivity contribution >= 4 is 30.4 Å². The Bertz CT molecular complexity index is 417. The quantitative estimate of drug-likeness (QED) is 0.766. The highest BCUT2D eigenvalue weighted by molar-refractivity contribution is 6.94. The first-order valence-electron chi connectivity index (χ1n) is 6.89. The molecule has 108 valence electrons. The number of hydrogen-bond donors (Lipinski definition) is 0. The molecule has 0 heterocycles. The van der Waals surface area contributed by atoms with Gasteiger partial charge in [-0.3, -0.25) is 0 Å². The van der Waals surface area contributed by atoms with Crippen LogP contribution in [0.2, 0.25) is 45.8 Å². The maximum absolute atomic E-state index is 6.53. The van der Waals surface area contributed by atoms with Gasteiger partial charge in [0.1, 0.15) is 0 Å². The zero-order valence-corrected chi connectivity index (χ0v) is 16.6. The van der Waals surface area contributed by atoms with E-state index in [1.165, 1.54) is 10.8 Å². The molecule has 0 saturated heterocycles. The monoisotopic (exact) mass is 312 g/mol. The molecule has 0 aliphatic heterocycles. The number of aryl methyl sites for hydroxylation is 1. The summed E-state index contributed by atoms with van der Waals surface area (Å²) in [5, 5.41) is 1.26. The third-order valence-corrected chi connectivity index (χ3v) is 11.9. The fraction of sp³-hybridized carbons (Fsp3) is 0.571. The largest absolute Gasteiger partial charge is 0.433 e. The minimum absolute atomic E-state index is 1.26. The molecule has 0 N–H and O–H groups in total. The van der Waals surface area contributed by atoms with Crippen LogP contribution in [0.1, 0.15) is 5.56 Å². The van der Waals surface area contributed by atoms with Crippen molar-refractivity contribution in [2.24, 2.45) is 0 Å². The van der Waals surface area contributed by atoms with E-state index in [9.17, 15) is 0 Å². The van der Waals surface area contributed by atoms with Gasteiger partial charge in [-0.05, 0) is 57.9 Å². The predicted molar refractivity (Wildman–Crippen MR) is 91.3 cm³/mol. The van der Waals surface area contributed by atoms with E-state index in [1.54, 1.807) is 0 Å². The fourth-order valence-corrected chi connectivity index (χ4v) is 14.0. The van der Waals surface area contributed by atoms with Crippen LogP contribution in [-0.2, 0) is 8.23 Å². The topological polar surface area (TPSA) is 18.5 Å². The molecule has 0 saturated carbocycles. The van der Waals surface area contributed by atoms with Crippen molar-refractivity contribution in [2.75, 3.05) is 0 Å². The highest BCUT2D eigenvalue weighted by Gasteiger charge is 2.42. The molecule has 0 spiro atoms. The minimum atomic E-state index is -2.30. The molecule has 0 radical (unpaired) electrons. The molecule has 1 rings (SSSR count). The summed E-state index contributed by atoms with van der Waals surface area (Å²) in [6, 6.07) is 8.63. The Hall–Kier alpha value is -0.209. The summed E-state index contributed by atoms with van der Waals surface area (Å²) >= 11 is 0. The van der Waals surface area contributed by atoms with Gasteiger partial charge in [-0.25, -0.2) is 0 Å². The van der Waals surface area contributed by atoms with Gasteiger partial charge in [-0.1, -0.05) is 29.8 Å². The van der Waals surface area contributed by atoms with Gasteiger partial charge in [0.25, 0.3) is 0 Å². The van der Waals surface area contributed by atoms with Crippen molar-refractivity contribution in [3.05, 3.63) is 29.8 Å². The number of benzene rings is 1. The van der Waals surface area contributed by atoms with Crippen LogP contribution in [0.25, 0.3) is 0 Å². The normalized spacial score (nSPS) is 13.7. The van der Waals surface area contributed by atoms with Crippen molar-refractivity contribution in [2.45, 2.75) is 52.8 Å². The lowest BCUT2D eigenvalue weighted by atomic mass is 10.2. The van der Waals surface area contributed by atoms with E-state index in [4.69, 9.17) is 8.23 Å². The van der Waals surface area contributed by atoms with Gasteiger partial charge in [0.05, 0.1) is 0 Å². The molecular formula is C14H28O2Si3. The van der Waals surface area contributed by atoms with Crippen molar-refractivity contribution in [1.29, 1.82) is 0 Å². The molecule has 5 heteroatoms. The maximum Gasteiger partial charge on any atom is 0.348 e. The second-order valence-electron chi connectivity index (χ2n) is 7.24. The van der Waals surface area contributed by atoms with Crippen molar-refractivity contribution in [3.63, 3.8) is 0 Å². The molecule has 0 aromatic heterocycles. The molecular weight excluding hydrogens is 284 g/mol. The molecule has 0 amide bonds. The predicted octanol–water partition coefficient (Wildman–Crippen LogP) is 3.98. The van der Waals surface area contributed by atoms with E-state index in [0.29, 0.717) is 0 Å². The van der Waals surface area contributed by atoms with E-state index >= 15 is 0 Å². The van der Waals surface area contributed by atoms with Crippen LogP contribution in [-0.4, -0.2) is 25.2 Å². The lowest BCUT2D eigenvalue weighted by Crippen LogP contribution is -2.60. The molecule has 1 aromatic carbocycles. The number of hydrogen-bond acceptors (Lipinski definition) is 2. The second kappa shape index (κ2) is 5.65. The average Bonchev–Trinajstić information content (AvgIpc) is 2.11. The van der Waals surface area contributed by atoms with Crippen molar-refractivity contribution in [3.8, 4) is 0 Å². The van der Waals surface area contributed by atoms with Gasteiger partial charge >= 0.3 is 8.56 Å². The summed E-state index contributed by atoms with van der Waals surface area (Å²) in [7, 11) is -5.57. The summed E-state index contributed by atoms with van der Waals surface area (Å²) in [4.78, 5) is 0. The Balaban J connectivity index is 3.18. The Morgan fingerprint density at radius 3 is 1.63 bits per heavy atom. The highest BCUT2D eigenvalue weighted by Crippen LogP contribution is 2.21. The second-order valence-corrected chi connectivity index (χ2v) is 19.8. The molecule has 0 atom stereocenters. The molecule has 19 heavy (non-hydrogen) atoms. The van der Waals surface area contributed by atoms with Crippen LogP contribution in [0.4, 0.5) is 0 Å². The van der Waals surface area contributed by atoms with Crippen molar-refractivity contribution < 1.29 is 8.23 Å². The van der Waals surface area contributed by atoms with Crippen LogP contribution in [0, 0.1) is 6.92 Å². The zero-order valence-electron chi connectivity index (χ0n) is 13.6. The first-order valence-corrected chi connectivity index (χ1v) is 16.0. The molecule has 0 aliphatic carbocycles. The molecule has 2 nitrogen and oxygen atoms in total. The molecule has 0 bridgehead atoms. The Kier molecular flexibility index (Phi) is 5.01. The van der Waals surface area contributed by atoms with E-state index in [1.807, 2.05) is 0 Å². The Morgan fingerprint density at radius 2 is 1.26 bits per heavy atom. The molecule has 0 unspecified atom stereocenters. The third kappa shape index (κ3) is 5.74. The summed E-state index contributed by atoms with van der Waals surface area (Å²) in [5.41, 5.74) is 1.27. The first kappa shape index (κ1) is 16.8. The SMILES string of the molecule is Cc1cccc([Si](C)(O[Si](C)(C)C)O[Si](C)(C)C)c1. The van der Waals surface area contributed by atoms with Crippen LogP contribution in [0.3, 0.4) is 0 Å². The van der Waals surface area contributed by atoms with Gasteiger partial charge < -0.3 is 8.23 Å². The van der Waals surface area contributed by atoms with E-state index in [2.05, 4.69) is 77.0 Å². The number of rotatable bonds is 5. The zero-order chi connectivity index (χ0) is 14.9. The molecule has 0 fully saturated rings. The molecule has 1 aromatic rings. The summed E-state index contributed by atoms with van der Waals surface area (Å²) < 4.78 is 13.1. The van der Waals surface area contributed by atoms with Gasteiger partial charge in [-0.15, -0.1) is 0 Å². The van der Waals surface area contributed by atoms with Crippen LogP contribution in [0.5, 0.6) is 0 Å². The fourth-order valence-electron chi connectivity index (χ4n) is 2.23. The van der Waals surface area contributed by atoms with Crippen molar-refractivity contribution in [1.82, 2.24) is 0 Å². The van der Waals surface area contributed by atoms with Gasteiger partial charge in [-0.2, -0.15) is 0 Å². The maximum atomic E-state index is 6.53.